The Bertz CT molecular complexity index is 708. The van der Waals surface area contributed by atoms with Gasteiger partial charge in [0, 0.05) is 0 Å². The van der Waals surface area contributed by atoms with Crippen molar-refractivity contribution in [1.82, 2.24) is 19.5 Å². The summed E-state index contributed by atoms with van der Waals surface area (Å²) in [6.07, 6.45) is -3.48. The van der Waals surface area contributed by atoms with E-state index in [9.17, 15) is 14.6 Å². The molecule has 0 bridgehead atoms. The molecule has 1 saturated heterocycles. The highest BCUT2D eigenvalue weighted by Gasteiger charge is 2.55. The molecule has 0 spiro atoms. The fourth-order valence-corrected chi connectivity index (χ4v) is 2.76. The Morgan fingerprint density at radius 1 is 1.45 bits per heavy atom. The van der Waals surface area contributed by atoms with Gasteiger partial charge in [0.2, 0.25) is 5.95 Å². The van der Waals surface area contributed by atoms with E-state index >= 15 is 0 Å². The summed E-state index contributed by atoms with van der Waals surface area (Å²) in [5.41, 5.74) is 10.00. The molecule has 0 aliphatic carbocycles. The van der Waals surface area contributed by atoms with Crippen LogP contribution in [0.3, 0.4) is 0 Å². The molecule has 1 aliphatic heterocycles. The lowest BCUT2D eigenvalue weighted by Crippen LogP contribution is -2.47. The van der Waals surface area contributed by atoms with E-state index in [-0.39, 0.29) is 28.8 Å². The maximum atomic E-state index is 14.4. The van der Waals surface area contributed by atoms with Gasteiger partial charge in [0.25, 0.3) is 0 Å². The first kappa shape index (κ1) is 15.2. The van der Waals surface area contributed by atoms with Gasteiger partial charge in [0.1, 0.15) is 17.2 Å². The Balaban J connectivity index is 2.09. The van der Waals surface area contributed by atoms with E-state index in [4.69, 9.17) is 27.8 Å². The summed E-state index contributed by atoms with van der Waals surface area (Å²) < 4.78 is 21.2. The molecule has 11 heteroatoms. The summed E-state index contributed by atoms with van der Waals surface area (Å²) >= 11 is 5.72. The molecule has 1 fully saturated rings. The lowest BCUT2D eigenvalue weighted by atomic mass is 9.99. The number of hydrogen-bond acceptors (Lipinski definition) is 8. The van der Waals surface area contributed by atoms with Crippen LogP contribution in [-0.2, 0) is 4.74 Å². The van der Waals surface area contributed by atoms with Gasteiger partial charge in [-0.2, -0.15) is 9.97 Å². The first-order chi connectivity index (χ1) is 10.4. The van der Waals surface area contributed by atoms with Gasteiger partial charge < -0.3 is 26.4 Å². The lowest BCUT2D eigenvalue weighted by Gasteiger charge is -2.26. The summed E-state index contributed by atoms with van der Waals surface area (Å²) in [7, 11) is 0. The maximum Gasteiger partial charge on any atom is 0.224 e. The summed E-state index contributed by atoms with van der Waals surface area (Å²) in [5, 5.41) is 19.4. The van der Waals surface area contributed by atoms with Crippen LogP contribution in [0.5, 0.6) is 0 Å². The maximum absolute atomic E-state index is 14.4. The average molecular weight is 333 g/mol. The summed E-state index contributed by atoms with van der Waals surface area (Å²) in [6.45, 7) is -0.638. The van der Waals surface area contributed by atoms with Crippen LogP contribution in [-0.4, -0.2) is 60.1 Å². The van der Waals surface area contributed by atoms with Crippen molar-refractivity contribution in [3.05, 3.63) is 6.33 Å². The van der Waals surface area contributed by atoms with E-state index in [1.54, 1.807) is 0 Å². The number of nitrogen functional groups attached to an aromatic ring is 2. The number of rotatable bonds is 3. The minimum Gasteiger partial charge on any atom is -0.393 e. The number of alkyl halides is 2. The number of halogens is 2. The number of aliphatic hydroxyl groups is 2. The third-order valence-electron chi connectivity index (χ3n) is 3.70. The molecular formula is C11H14ClFN6O3. The van der Waals surface area contributed by atoms with Crippen LogP contribution in [0, 0.1) is 0 Å². The molecule has 6 N–H and O–H groups in total. The van der Waals surface area contributed by atoms with Gasteiger partial charge in [-0.05, 0) is 0 Å². The average Bonchev–Trinajstić information content (AvgIpc) is 3.01. The normalized spacial score (nSPS) is 31.9. The number of nitrogens with zero attached hydrogens (tertiary/aromatic N) is 4. The van der Waals surface area contributed by atoms with Crippen LogP contribution < -0.4 is 11.5 Å². The minimum atomic E-state index is -1.85. The molecular weight excluding hydrogens is 319 g/mol. The van der Waals surface area contributed by atoms with Gasteiger partial charge in [0.15, 0.2) is 23.9 Å². The van der Waals surface area contributed by atoms with E-state index in [1.807, 2.05) is 0 Å². The largest absolute Gasteiger partial charge is 0.393 e. The number of aliphatic hydroxyl groups excluding tert-OH is 2. The molecule has 1 aliphatic rings. The number of hydrogen-bond donors (Lipinski definition) is 4. The van der Waals surface area contributed by atoms with Crippen LogP contribution in [0.2, 0.25) is 0 Å². The van der Waals surface area contributed by atoms with E-state index < -0.39 is 30.7 Å². The number of aromatic nitrogens is 4. The number of anilines is 2. The summed E-state index contributed by atoms with van der Waals surface area (Å²) in [4.78, 5) is 11.7. The molecule has 22 heavy (non-hydrogen) atoms. The predicted molar refractivity (Wildman–Crippen MR) is 75.7 cm³/mol. The molecule has 2 aromatic heterocycles. The monoisotopic (exact) mass is 332 g/mol. The third-order valence-corrected chi connectivity index (χ3v) is 4.15. The zero-order valence-corrected chi connectivity index (χ0v) is 12.0. The first-order valence-electron chi connectivity index (χ1n) is 6.36. The predicted octanol–water partition coefficient (Wildman–Crippen LogP) is -0.812. The van der Waals surface area contributed by atoms with E-state index in [2.05, 4.69) is 15.0 Å². The molecule has 4 atom stereocenters. The molecule has 0 radical (unpaired) electrons. The van der Waals surface area contributed by atoms with Crippen molar-refractivity contribution >= 4 is 34.5 Å². The SMILES string of the molecule is Nc1nc(N)c2ncn([C@@H]3O[C@@](CO)(CCl)[C@@H](O)[C@H]3F)c2n1. The summed E-state index contributed by atoms with van der Waals surface area (Å²) in [6, 6.07) is 0. The van der Waals surface area contributed by atoms with Crippen LogP contribution >= 0.6 is 11.6 Å². The second kappa shape index (κ2) is 5.16. The standard InChI is InChI=1S/C11H14ClFN6O3/c12-1-11(2-20)6(21)4(13)9(22-11)19-3-16-5-7(14)17-10(15)18-8(5)19/h3-4,6,9,20-21H,1-2H2,(H4,14,15,17,18)/t4-,6+,9-,11-/m1/s1. The second-order valence-corrected chi connectivity index (χ2v) is 5.31. The minimum absolute atomic E-state index is 0.0426. The van der Waals surface area contributed by atoms with Gasteiger partial charge in [-0.1, -0.05) is 0 Å². The van der Waals surface area contributed by atoms with E-state index in [0.717, 1.165) is 0 Å². The highest BCUT2D eigenvalue weighted by molar-refractivity contribution is 6.18. The van der Waals surface area contributed by atoms with Crippen molar-refractivity contribution in [2.75, 3.05) is 24.0 Å². The van der Waals surface area contributed by atoms with Crippen LogP contribution in [0.4, 0.5) is 16.2 Å². The zero-order chi connectivity index (χ0) is 16.1. The highest BCUT2D eigenvalue weighted by Crippen LogP contribution is 2.40. The fraction of sp³-hybridized carbons (Fsp3) is 0.545. The molecule has 0 aromatic carbocycles. The van der Waals surface area contributed by atoms with E-state index in [1.165, 1.54) is 10.9 Å². The van der Waals surface area contributed by atoms with Crippen molar-refractivity contribution in [1.29, 1.82) is 0 Å². The fourth-order valence-electron chi connectivity index (χ4n) is 2.46. The molecule has 2 aromatic rings. The van der Waals surface area contributed by atoms with Crippen LogP contribution in [0.1, 0.15) is 6.23 Å². The summed E-state index contributed by atoms with van der Waals surface area (Å²) in [5.74, 6) is -0.347. The van der Waals surface area contributed by atoms with Crippen molar-refractivity contribution in [2.45, 2.75) is 24.1 Å². The van der Waals surface area contributed by atoms with Crippen molar-refractivity contribution < 1.29 is 19.3 Å². The number of ether oxygens (including phenoxy) is 1. The topological polar surface area (TPSA) is 145 Å². The Morgan fingerprint density at radius 3 is 2.77 bits per heavy atom. The Kier molecular flexibility index (Phi) is 3.56. The lowest BCUT2D eigenvalue weighted by molar-refractivity contribution is -0.113. The van der Waals surface area contributed by atoms with E-state index in [0.29, 0.717) is 0 Å². The smallest absolute Gasteiger partial charge is 0.224 e. The quantitative estimate of drug-likeness (QED) is 0.534. The van der Waals surface area contributed by atoms with Crippen LogP contribution in [0.15, 0.2) is 6.33 Å². The Hall–Kier alpha value is -1.75. The third kappa shape index (κ3) is 1.99. The Labute approximate surface area is 128 Å². The van der Waals surface area contributed by atoms with Gasteiger partial charge in [-0.25, -0.2) is 9.37 Å². The van der Waals surface area contributed by atoms with Crippen molar-refractivity contribution in [3.63, 3.8) is 0 Å². The van der Waals surface area contributed by atoms with Gasteiger partial charge in [-0.15, -0.1) is 11.6 Å². The first-order valence-corrected chi connectivity index (χ1v) is 6.89. The highest BCUT2D eigenvalue weighted by atomic mass is 35.5. The van der Waals surface area contributed by atoms with Crippen LogP contribution in [0.25, 0.3) is 11.2 Å². The Morgan fingerprint density at radius 2 is 2.18 bits per heavy atom. The number of fused-ring (bicyclic) bond motifs is 1. The molecule has 0 unspecified atom stereocenters. The second-order valence-electron chi connectivity index (χ2n) is 5.05. The van der Waals surface area contributed by atoms with Gasteiger partial charge in [-0.3, -0.25) is 4.57 Å². The molecule has 0 amide bonds. The molecule has 3 rings (SSSR count). The number of nitrogens with two attached hydrogens (primary N) is 2. The number of imidazole rings is 1. The van der Waals surface area contributed by atoms with Gasteiger partial charge >= 0.3 is 0 Å². The zero-order valence-electron chi connectivity index (χ0n) is 11.2. The molecule has 120 valence electrons. The van der Waals surface area contributed by atoms with Crippen molar-refractivity contribution in [3.8, 4) is 0 Å². The van der Waals surface area contributed by atoms with Gasteiger partial charge in [0.05, 0.1) is 18.8 Å². The van der Waals surface area contributed by atoms with Crippen molar-refractivity contribution in [2.24, 2.45) is 0 Å². The molecule has 0 saturated carbocycles. The molecule has 3 heterocycles. The molecule has 9 nitrogen and oxygen atoms in total.